The van der Waals surface area contributed by atoms with E-state index in [4.69, 9.17) is 15.2 Å². The maximum absolute atomic E-state index is 6.00. The summed E-state index contributed by atoms with van der Waals surface area (Å²) < 4.78 is 10.9. The zero-order valence-electron chi connectivity index (χ0n) is 11.5. The summed E-state index contributed by atoms with van der Waals surface area (Å²) >= 11 is 0. The fourth-order valence-electron chi connectivity index (χ4n) is 2.27. The molecule has 1 atom stereocenters. The molecule has 1 aliphatic rings. The highest BCUT2D eigenvalue weighted by molar-refractivity contribution is 4.65. The topological polar surface area (TPSA) is 44.5 Å². The van der Waals surface area contributed by atoms with Crippen molar-refractivity contribution in [2.24, 2.45) is 11.7 Å². The van der Waals surface area contributed by atoms with Gasteiger partial charge in [-0.25, -0.2) is 0 Å². The van der Waals surface area contributed by atoms with Gasteiger partial charge in [0.15, 0.2) is 0 Å². The average molecular weight is 243 g/mol. The third-order valence-electron chi connectivity index (χ3n) is 3.42. The van der Waals surface area contributed by atoms with Crippen LogP contribution in [0.3, 0.4) is 0 Å². The summed E-state index contributed by atoms with van der Waals surface area (Å²) in [5, 5.41) is 0. The molecule has 1 fully saturated rings. The Labute approximate surface area is 106 Å². The van der Waals surface area contributed by atoms with Gasteiger partial charge in [0, 0.05) is 19.3 Å². The van der Waals surface area contributed by atoms with Gasteiger partial charge in [-0.3, -0.25) is 0 Å². The smallest absolute Gasteiger partial charge is 0.0620 e. The Bertz CT molecular complexity index is 179. The number of nitrogens with two attached hydrogens (primary N) is 1. The van der Waals surface area contributed by atoms with Crippen LogP contribution in [-0.4, -0.2) is 32.0 Å². The molecular weight excluding hydrogens is 214 g/mol. The molecule has 0 spiro atoms. The molecule has 1 heterocycles. The van der Waals surface area contributed by atoms with Gasteiger partial charge in [-0.1, -0.05) is 19.3 Å². The van der Waals surface area contributed by atoms with E-state index in [1.165, 1.54) is 32.1 Å². The van der Waals surface area contributed by atoms with Crippen LogP contribution >= 0.6 is 0 Å². The SMILES string of the molecule is CC(C)OCC(N)CCCCC1CCOCC1. The molecule has 0 aromatic heterocycles. The second-order valence-corrected chi connectivity index (χ2v) is 5.48. The Morgan fingerprint density at radius 1 is 1.24 bits per heavy atom. The molecule has 0 bridgehead atoms. The van der Waals surface area contributed by atoms with Gasteiger partial charge in [-0.2, -0.15) is 0 Å². The molecule has 1 rings (SSSR count). The first-order valence-corrected chi connectivity index (χ1v) is 7.13. The highest BCUT2D eigenvalue weighted by atomic mass is 16.5. The van der Waals surface area contributed by atoms with E-state index in [2.05, 4.69) is 13.8 Å². The van der Waals surface area contributed by atoms with Crippen molar-refractivity contribution in [2.45, 2.75) is 64.5 Å². The molecule has 17 heavy (non-hydrogen) atoms. The van der Waals surface area contributed by atoms with Crippen molar-refractivity contribution in [1.29, 1.82) is 0 Å². The molecule has 2 N–H and O–H groups in total. The molecule has 3 nitrogen and oxygen atoms in total. The van der Waals surface area contributed by atoms with E-state index in [1.54, 1.807) is 0 Å². The van der Waals surface area contributed by atoms with Crippen LogP contribution in [0, 0.1) is 5.92 Å². The number of hydrogen-bond acceptors (Lipinski definition) is 3. The van der Waals surface area contributed by atoms with Crippen LogP contribution in [0.5, 0.6) is 0 Å². The summed E-state index contributed by atoms with van der Waals surface area (Å²) in [6.07, 6.45) is 7.78. The van der Waals surface area contributed by atoms with E-state index in [0.29, 0.717) is 12.7 Å². The van der Waals surface area contributed by atoms with Crippen LogP contribution in [0.1, 0.15) is 52.4 Å². The van der Waals surface area contributed by atoms with E-state index in [0.717, 1.165) is 25.6 Å². The summed E-state index contributed by atoms with van der Waals surface area (Å²) in [6.45, 7) is 6.74. The van der Waals surface area contributed by atoms with Gasteiger partial charge >= 0.3 is 0 Å². The van der Waals surface area contributed by atoms with Crippen LogP contribution in [0.2, 0.25) is 0 Å². The Hall–Kier alpha value is -0.120. The summed E-state index contributed by atoms with van der Waals surface area (Å²) in [4.78, 5) is 0. The van der Waals surface area contributed by atoms with Crippen molar-refractivity contribution < 1.29 is 9.47 Å². The van der Waals surface area contributed by atoms with Crippen molar-refractivity contribution >= 4 is 0 Å². The highest BCUT2D eigenvalue weighted by Gasteiger charge is 2.13. The number of ether oxygens (including phenoxy) is 2. The molecule has 1 unspecified atom stereocenters. The Balaban J connectivity index is 1.92. The summed E-state index contributed by atoms with van der Waals surface area (Å²) in [6, 6.07) is 0.215. The van der Waals surface area contributed by atoms with Crippen molar-refractivity contribution in [3.05, 3.63) is 0 Å². The van der Waals surface area contributed by atoms with Crippen LogP contribution in [0.25, 0.3) is 0 Å². The quantitative estimate of drug-likeness (QED) is 0.667. The first kappa shape index (κ1) is 14.9. The Morgan fingerprint density at radius 3 is 2.59 bits per heavy atom. The molecule has 0 aliphatic carbocycles. The van der Waals surface area contributed by atoms with Crippen molar-refractivity contribution in [3.63, 3.8) is 0 Å². The van der Waals surface area contributed by atoms with Crippen LogP contribution in [0.15, 0.2) is 0 Å². The normalized spacial score (nSPS) is 19.8. The van der Waals surface area contributed by atoms with E-state index in [9.17, 15) is 0 Å². The zero-order valence-corrected chi connectivity index (χ0v) is 11.5. The van der Waals surface area contributed by atoms with Gasteiger partial charge in [0.1, 0.15) is 0 Å². The van der Waals surface area contributed by atoms with E-state index in [1.807, 2.05) is 0 Å². The van der Waals surface area contributed by atoms with Crippen LogP contribution in [0.4, 0.5) is 0 Å². The van der Waals surface area contributed by atoms with Gasteiger partial charge in [0.2, 0.25) is 0 Å². The molecule has 3 heteroatoms. The molecule has 0 aromatic carbocycles. The highest BCUT2D eigenvalue weighted by Crippen LogP contribution is 2.21. The first-order chi connectivity index (χ1) is 8.18. The van der Waals surface area contributed by atoms with Crippen molar-refractivity contribution in [3.8, 4) is 0 Å². The van der Waals surface area contributed by atoms with Crippen LogP contribution < -0.4 is 5.73 Å². The third kappa shape index (κ3) is 7.74. The maximum atomic E-state index is 6.00. The Morgan fingerprint density at radius 2 is 1.94 bits per heavy atom. The fraction of sp³-hybridized carbons (Fsp3) is 1.00. The molecule has 1 aliphatic heterocycles. The predicted octanol–water partition coefficient (Wildman–Crippen LogP) is 2.73. The van der Waals surface area contributed by atoms with Gasteiger partial charge in [-0.15, -0.1) is 0 Å². The minimum absolute atomic E-state index is 0.215. The van der Waals surface area contributed by atoms with E-state index < -0.39 is 0 Å². The second-order valence-electron chi connectivity index (χ2n) is 5.48. The largest absolute Gasteiger partial charge is 0.381 e. The summed E-state index contributed by atoms with van der Waals surface area (Å²) in [5.41, 5.74) is 6.00. The van der Waals surface area contributed by atoms with Crippen molar-refractivity contribution in [2.75, 3.05) is 19.8 Å². The summed E-state index contributed by atoms with van der Waals surface area (Å²) in [7, 11) is 0. The first-order valence-electron chi connectivity index (χ1n) is 7.13. The van der Waals surface area contributed by atoms with E-state index in [-0.39, 0.29) is 6.04 Å². The number of rotatable bonds is 8. The third-order valence-corrected chi connectivity index (χ3v) is 3.42. The standard InChI is InChI=1S/C14H29NO2/c1-12(2)17-11-14(15)6-4-3-5-13-7-9-16-10-8-13/h12-14H,3-11,15H2,1-2H3. The Kier molecular flexibility index (Phi) is 7.82. The van der Waals surface area contributed by atoms with Gasteiger partial charge in [0.05, 0.1) is 12.7 Å². The van der Waals surface area contributed by atoms with Crippen LogP contribution in [-0.2, 0) is 9.47 Å². The molecule has 0 amide bonds. The minimum atomic E-state index is 0.215. The van der Waals surface area contributed by atoms with Gasteiger partial charge in [0.25, 0.3) is 0 Å². The fourth-order valence-corrected chi connectivity index (χ4v) is 2.27. The van der Waals surface area contributed by atoms with Gasteiger partial charge in [-0.05, 0) is 39.0 Å². The molecule has 0 radical (unpaired) electrons. The monoisotopic (exact) mass is 243 g/mol. The van der Waals surface area contributed by atoms with Gasteiger partial charge < -0.3 is 15.2 Å². The number of hydrogen-bond donors (Lipinski definition) is 1. The van der Waals surface area contributed by atoms with Crippen molar-refractivity contribution in [1.82, 2.24) is 0 Å². The molecule has 0 aromatic rings. The average Bonchev–Trinajstić information content (AvgIpc) is 2.33. The second kappa shape index (κ2) is 8.90. The molecule has 0 saturated carbocycles. The van der Waals surface area contributed by atoms with E-state index >= 15 is 0 Å². The lowest BCUT2D eigenvalue weighted by atomic mass is 9.93. The molecular formula is C14H29NO2. The minimum Gasteiger partial charge on any atom is -0.381 e. The lowest BCUT2D eigenvalue weighted by molar-refractivity contribution is 0.0612. The lowest BCUT2D eigenvalue weighted by Crippen LogP contribution is -2.27. The molecule has 1 saturated heterocycles. The molecule has 102 valence electrons. The zero-order chi connectivity index (χ0) is 12.5. The summed E-state index contributed by atoms with van der Waals surface area (Å²) in [5.74, 6) is 0.895. The maximum Gasteiger partial charge on any atom is 0.0620 e. The predicted molar refractivity (Wildman–Crippen MR) is 71.1 cm³/mol. The number of unbranched alkanes of at least 4 members (excludes halogenated alkanes) is 1. The lowest BCUT2D eigenvalue weighted by Gasteiger charge is -2.22.